The minimum Gasteiger partial charge on any atom is -0.329 e. The van der Waals surface area contributed by atoms with E-state index in [0.29, 0.717) is 17.5 Å². The molecule has 0 unspecified atom stereocenters. The van der Waals surface area contributed by atoms with Crippen LogP contribution in [0.2, 0.25) is 0 Å². The molecule has 4 aromatic rings. The lowest BCUT2D eigenvalue weighted by atomic mass is 10.2. The molecule has 0 aliphatic heterocycles. The van der Waals surface area contributed by atoms with Crippen LogP contribution in [-0.2, 0) is 17.1 Å². The number of nitrogens with two attached hydrogens (primary N) is 1. The normalized spacial score (nSPS) is 11.6. The van der Waals surface area contributed by atoms with Crippen molar-refractivity contribution in [1.82, 2.24) is 19.7 Å². The van der Waals surface area contributed by atoms with Crippen LogP contribution in [0.3, 0.4) is 0 Å². The first-order chi connectivity index (χ1) is 14.2. The van der Waals surface area contributed by atoms with Crippen LogP contribution in [0.1, 0.15) is 5.69 Å². The Kier molecular flexibility index (Phi) is 4.88. The first-order valence-electron chi connectivity index (χ1n) is 9.12. The van der Waals surface area contributed by atoms with Gasteiger partial charge in [-0.15, -0.1) is 0 Å². The Morgan fingerprint density at radius 2 is 1.83 bits per heavy atom. The minimum absolute atomic E-state index is 0.0449. The second kappa shape index (κ2) is 7.39. The van der Waals surface area contributed by atoms with Crippen LogP contribution in [0.25, 0.3) is 10.9 Å². The van der Waals surface area contributed by atoms with E-state index in [2.05, 4.69) is 26.4 Å². The number of sulfonamides is 1. The summed E-state index contributed by atoms with van der Waals surface area (Å²) in [6.07, 6.45) is 1.66. The lowest BCUT2D eigenvalue weighted by Crippen LogP contribution is -2.12. The van der Waals surface area contributed by atoms with Gasteiger partial charge in [0, 0.05) is 42.7 Å². The fourth-order valence-corrected chi connectivity index (χ4v) is 3.62. The molecule has 30 heavy (non-hydrogen) atoms. The molecule has 0 fully saturated rings. The van der Waals surface area contributed by atoms with Crippen LogP contribution in [0.4, 0.5) is 23.1 Å². The Bertz CT molecular complexity index is 1330. The molecule has 0 atom stereocenters. The second-order valence-electron chi connectivity index (χ2n) is 6.90. The number of nitrogens with zero attached hydrogens (tertiary/aromatic N) is 5. The van der Waals surface area contributed by atoms with E-state index in [9.17, 15) is 8.42 Å². The van der Waals surface area contributed by atoms with Gasteiger partial charge in [0.05, 0.1) is 10.4 Å². The van der Waals surface area contributed by atoms with Gasteiger partial charge in [0.1, 0.15) is 5.82 Å². The van der Waals surface area contributed by atoms with Crippen molar-refractivity contribution in [3.63, 3.8) is 0 Å². The fraction of sp³-hybridized carbons (Fsp3) is 0.150. The molecule has 0 aliphatic rings. The van der Waals surface area contributed by atoms with E-state index >= 15 is 0 Å². The van der Waals surface area contributed by atoms with Crippen LogP contribution < -0.4 is 15.4 Å². The molecule has 154 valence electrons. The van der Waals surface area contributed by atoms with E-state index in [1.165, 1.54) is 12.1 Å². The summed E-state index contributed by atoms with van der Waals surface area (Å²) in [6.45, 7) is 2.03. The van der Waals surface area contributed by atoms with Crippen LogP contribution in [-0.4, -0.2) is 35.2 Å². The van der Waals surface area contributed by atoms with Crippen LogP contribution >= 0.6 is 0 Å². The zero-order valence-electron chi connectivity index (χ0n) is 16.7. The summed E-state index contributed by atoms with van der Waals surface area (Å²) in [5.41, 5.74) is 3.66. The molecule has 2 aromatic heterocycles. The van der Waals surface area contributed by atoms with E-state index in [-0.39, 0.29) is 4.90 Å². The molecule has 3 N–H and O–H groups in total. The van der Waals surface area contributed by atoms with Crippen molar-refractivity contribution in [2.45, 2.75) is 11.8 Å². The van der Waals surface area contributed by atoms with E-state index in [4.69, 9.17) is 5.14 Å². The molecule has 9 nitrogen and oxygen atoms in total. The van der Waals surface area contributed by atoms with Crippen LogP contribution in [0, 0.1) is 6.92 Å². The number of rotatable bonds is 5. The molecule has 2 heterocycles. The van der Waals surface area contributed by atoms with E-state index in [1.807, 2.05) is 48.8 Å². The van der Waals surface area contributed by atoms with E-state index in [0.717, 1.165) is 22.3 Å². The third kappa shape index (κ3) is 3.82. The minimum atomic E-state index is -3.73. The van der Waals surface area contributed by atoms with Crippen molar-refractivity contribution in [2.75, 3.05) is 17.3 Å². The predicted molar refractivity (Wildman–Crippen MR) is 117 cm³/mol. The lowest BCUT2D eigenvalue weighted by Gasteiger charge is -2.19. The second-order valence-corrected chi connectivity index (χ2v) is 8.46. The number of fused-ring (bicyclic) bond motifs is 1. The molecule has 0 bridgehead atoms. The van der Waals surface area contributed by atoms with Crippen LogP contribution in [0.5, 0.6) is 0 Å². The van der Waals surface area contributed by atoms with Gasteiger partial charge in [-0.05, 0) is 55.5 Å². The summed E-state index contributed by atoms with van der Waals surface area (Å²) in [5, 5.41) is 13.8. The Morgan fingerprint density at radius 1 is 1.10 bits per heavy atom. The molecular formula is C20H21N7O2S. The van der Waals surface area contributed by atoms with Crippen molar-refractivity contribution in [3.05, 3.63) is 60.4 Å². The van der Waals surface area contributed by atoms with Crippen molar-refractivity contribution >= 4 is 44.1 Å². The molecule has 0 amide bonds. The molecule has 0 radical (unpaired) electrons. The molecule has 0 aliphatic carbocycles. The topological polar surface area (TPSA) is 119 Å². The number of primary sulfonamides is 1. The Hall–Kier alpha value is -3.50. The van der Waals surface area contributed by atoms with Gasteiger partial charge in [-0.1, -0.05) is 0 Å². The Morgan fingerprint density at radius 3 is 2.53 bits per heavy atom. The highest BCUT2D eigenvalue weighted by Gasteiger charge is 2.12. The smallest absolute Gasteiger partial charge is 0.238 e. The zero-order valence-corrected chi connectivity index (χ0v) is 17.6. The number of aryl methyl sites for hydroxylation is 2. The summed E-state index contributed by atoms with van der Waals surface area (Å²) in [5.74, 6) is 1.09. The predicted octanol–water partition coefficient (Wildman–Crippen LogP) is 2.83. The number of aromatic nitrogens is 4. The van der Waals surface area contributed by atoms with Gasteiger partial charge in [0.25, 0.3) is 0 Å². The molecule has 2 aromatic carbocycles. The third-order valence-corrected chi connectivity index (χ3v) is 5.85. The molecule has 4 rings (SSSR count). The van der Waals surface area contributed by atoms with Gasteiger partial charge in [-0.25, -0.2) is 18.5 Å². The first kappa shape index (κ1) is 19.8. The quantitative estimate of drug-likeness (QED) is 0.506. The summed E-state index contributed by atoms with van der Waals surface area (Å²) < 4.78 is 24.6. The maximum absolute atomic E-state index is 11.4. The summed E-state index contributed by atoms with van der Waals surface area (Å²) in [6, 6.07) is 14.0. The SMILES string of the molecule is Cc1c2cc(N(C)c3ccnc(Nc4ccc(S(N)(=O)=O)cc4)n3)ccc2nn1C. The summed E-state index contributed by atoms with van der Waals surface area (Å²) >= 11 is 0. The van der Waals surface area contributed by atoms with Crippen molar-refractivity contribution in [1.29, 1.82) is 0 Å². The van der Waals surface area contributed by atoms with Gasteiger partial charge in [-0.2, -0.15) is 10.1 Å². The molecule has 10 heteroatoms. The maximum Gasteiger partial charge on any atom is 0.238 e. The van der Waals surface area contributed by atoms with Gasteiger partial charge in [0.15, 0.2) is 0 Å². The number of benzene rings is 2. The number of anilines is 4. The van der Waals surface area contributed by atoms with Crippen molar-refractivity contribution in [2.24, 2.45) is 12.2 Å². The van der Waals surface area contributed by atoms with E-state index in [1.54, 1.807) is 18.3 Å². The Labute approximate surface area is 174 Å². The molecule has 0 saturated carbocycles. The van der Waals surface area contributed by atoms with Crippen LogP contribution in [0.15, 0.2) is 59.6 Å². The van der Waals surface area contributed by atoms with Gasteiger partial charge < -0.3 is 10.2 Å². The molecular weight excluding hydrogens is 402 g/mol. The largest absolute Gasteiger partial charge is 0.329 e. The Balaban J connectivity index is 1.59. The first-order valence-corrected chi connectivity index (χ1v) is 10.7. The maximum atomic E-state index is 11.4. The summed E-state index contributed by atoms with van der Waals surface area (Å²) in [7, 11) is 0.128. The standard InChI is InChI=1S/C20H21N7O2S/c1-13-17-12-15(6-9-18(17)25-27(13)3)26(2)19-10-11-22-20(24-19)23-14-4-7-16(8-5-14)30(21,28)29/h4-12H,1-3H3,(H2,21,28,29)(H,22,23,24). The number of hydrogen-bond acceptors (Lipinski definition) is 7. The lowest BCUT2D eigenvalue weighted by molar-refractivity contribution is 0.598. The highest BCUT2D eigenvalue weighted by molar-refractivity contribution is 7.89. The monoisotopic (exact) mass is 423 g/mol. The zero-order chi connectivity index (χ0) is 21.5. The third-order valence-electron chi connectivity index (χ3n) is 4.92. The number of nitrogens with one attached hydrogen (secondary N) is 1. The van der Waals surface area contributed by atoms with Gasteiger partial charge in [-0.3, -0.25) is 4.68 Å². The van der Waals surface area contributed by atoms with Gasteiger partial charge >= 0.3 is 0 Å². The average molecular weight is 424 g/mol. The highest BCUT2D eigenvalue weighted by atomic mass is 32.2. The molecule has 0 saturated heterocycles. The average Bonchev–Trinajstić information content (AvgIpc) is 3.01. The number of hydrogen-bond donors (Lipinski definition) is 2. The van der Waals surface area contributed by atoms with E-state index < -0.39 is 10.0 Å². The van der Waals surface area contributed by atoms with Crippen molar-refractivity contribution in [3.8, 4) is 0 Å². The van der Waals surface area contributed by atoms with Gasteiger partial charge in [0.2, 0.25) is 16.0 Å². The molecule has 0 spiro atoms. The highest BCUT2D eigenvalue weighted by Crippen LogP contribution is 2.28. The van der Waals surface area contributed by atoms with Crippen molar-refractivity contribution < 1.29 is 8.42 Å². The summed E-state index contributed by atoms with van der Waals surface area (Å²) in [4.78, 5) is 10.8. The fourth-order valence-electron chi connectivity index (χ4n) is 3.11.